The zero-order valence-corrected chi connectivity index (χ0v) is 17.2. The number of carbonyl (C=O) groups is 1. The maximum absolute atomic E-state index is 14.5. The minimum Gasteiger partial charge on any atom is -0.354 e. The lowest BCUT2D eigenvalue weighted by molar-refractivity contribution is -0.121. The fourth-order valence-electron chi connectivity index (χ4n) is 3.92. The van der Waals surface area contributed by atoms with Gasteiger partial charge in [-0.3, -0.25) is 14.1 Å². The van der Waals surface area contributed by atoms with Crippen molar-refractivity contribution < 1.29 is 9.18 Å². The number of benzene rings is 1. The monoisotopic (exact) mass is 431 g/mol. The Hall–Kier alpha value is -2.71. The van der Waals surface area contributed by atoms with Gasteiger partial charge in [0.05, 0.1) is 12.6 Å². The fraction of sp³-hybridized carbons (Fsp3) is 0.381. The normalized spacial score (nSPS) is 15.5. The summed E-state index contributed by atoms with van der Waals surface area (Å²) in [6.45, 7) is 2.09. The van der Waals surface area contributed by atoms with Crippen LogP contribution in [0.2, 0.25) is 5.02 Å². The van der Waals surface area contributed by atoms with E-state index >= 15 is 0 Å². The Morgan fingerprint density at radius 3 is 2.73 bits per heavy atom. The number of pyridine rings is 1. The van der Waals surface area contributed by atoms with Gasteiger partial charge >= 0.3 is 5.69 Å². The minimum atomic E-state index is -0.370. The van der Waals surface area contributed by atoms with E-state index in [0.717, 1.165) is 25.9 Å². The summed E-state index contributed by atoms with van der Waals surface area (Å²) in [5, 5.41) is 7.46. The van der Waals surface area contributed by atoms with Crippen molar-refractivity contribution in [2.45, 2.75) is 31.8 Å². The van der Waals surface area contributed by atoms with Gasteiger partial charge in [0.25, 0.3) is 0 Å². The zero-order valence-electron chi connectivity index (χ0n) is 16.4. The molecule has 1 aliphatic heterocycles. The number of fused-ring (bicyclic) bond motifs is 1. The number of nitrogens with zero attached hydrogens (tertiary/aromatic N) is 4. The van der Waals surface area contributed by atoms with Gasteiger partial charge in [-0.1, -0.05) is 23.7 Å². The van der Waals surface area contributed by atoms with Gasteiger partial charge in [-0.05, 0) is 50.2 Å². The van der Waals surface area contributed by atoms with Crippen molar-refractivity contribution in [2.24, 2.45) is 0 Å². The minimum absolute atomic E-state index is 0.0987. The van der Waals surface area contributed by atoms with Gasteiger partial charge in [-0.15, -0.1) is 5.10 Å². The summed E-state index contributed by atoms with van der Waals surface area (Å²) < 4.78 is 17.2. The molecular weight excluding hydrogens is 409 g/mol. The Labute approximate surface area is 178 Å². The van der Waals surface area contributed by atoms with Gasteiger partial charge in [0, 0.05) is 29.7 Å². The molecule has 0 aliphatic carbocycles. The van der Waals surface area contributed by atoms with Crippen LogP contribution in [0, 0.1) is 5.82 Å². The van der Waals surface area contributed by atoms with E-state index in [9.17, 15) is 14.0 Å². The lowest BCUT2D eigenvalue weighted by Gasteiger charge is -2.29. The smallest absolute Gasteiger partial charge is 0.350 e. The van der Waals surface area contributed by atoms with Gasteiger partial charge in [0.15, 0.2) is 5.65 Å². The SMILES string of the molecule is O=C(CCn1nc2ccccn2c1=O)NCC(c1c(F)cccc1Cl)N1CCCC1. The molecule has 3 heterocycles. The molecular formula is C21H23ClFN5O2. The van der Waals surface area contributed by atoms with Gasteiger partial charge in [0.1, 0.15) is 5.82 Å². The number of hydrogen-bond donors (Lipinski definition) is 1. The molecule has 9 heteroatoms. The van der Waals surface area contributed by atoms with Gasteiger partial charge < -0.3 is 5.32 Å². The van der Waals surface area contributed by atoms with Crippen LogP contribution in [0.1, 0.15) is 30.9 Å². The van der Waals surface area contributed by atoms with Gasteiger partial charge in [-0.2, -0.15) is 0 Å². The van der Waals surface area contributed by atoms with Crippen LogP contribution < -0.4 is 11.0 Å². The highest BCUT2D eigenvalue weighted by Crippen LogP contribution is 2.31. The van der Waals surface area contributed by atoms with Crippen LogP contribution in [0.4, 0.5) is 4.39 Å². The first kappa shape index (κ1) is 20.6. The highest BCUT2D eigenvalue weighted by molar-refractivity contribution is 6.31. The fourth-order valence-corrected chi connectivity index (χ4v) is 4.21. The molecule has 2 aromatic heterocycles. The molecule has 0 saturated carbocycles. The van der Waals surface area contributed by atoms with E-state index in [4.69, 9.17) is 11.6 Å². The first-order valence-electron chi connectivity index (χ1n) is 10.0. The number of nitrogens with one attached hydrogen (secondary N) is 1. The van der Waals surface area contributed by atoms with Crippen LogP contribution in [0.3, 0.4) is 0 Å². The van der Waals surface area contributed by atoms with Crippen LogP contribution >= 0.6 is 11.6 Å². The Bertz CT molecular complexity index is 1090. The molecule has 1 unspecified atom stereocenters. The standard InChI is InChI=1S/C21H23ClFN5O2/c22-15-6-5-7-16(23)20(15)17(26-10-3-4-11-26)14-24-19(29)9-13-28-21(30)27-12-2-1-8-18(27)25-28/h1-2,5-8,12,17H,3-4,9-11,13-14H2,(H,24,29). The topological polar surface area (TPSA) is 71.6 Å². The quantitative estimate of drug-likeness (QED) is 0.624. The average Bonchev–Trinajstić information content (AvgIpc) is 3.37. The lowest BCUT2D eigenvalue weighted by Crippen LogP contribution is -2.38. The van der Waals surface area contributed by atoms with Crippen molar-refractivity contribution in [2.75, 3.05) is 19.6 Å². The number of aromatic nitrogens is 3. The Morgan fingerprint density at radius 1 is 1.20 bits per heavy atom. The molecule has 0 radical (unpaired) electrons. The number of halogens is 2. The van der Waals surface area contributed by atoms with Crippen molar-refractivity contribution in [3.05, 3.63) is 69.5 Å². The summed E-state index contributed by atoms with van der Waals surface area (Å²) in [7, 11) is 0. The third-order valence-corrected chi connectivity index (χ3v) is 5.78. The number of rotatable bonds is 7. The van der Waals surface area contributed by atoms with Gasteiger partial charge in [-0.25, -0.2) is 13.9 Å². The van der Waals surface area contributed by atoms with Crippen LogP contribution in [-0.2, 0) is 11.3 Å². The first-order valence-corrected chi connectivity index (χ1v) is 10.4. The van der Waals surface area contributed by atoms with Crippen molar-refractivity contribution in [3.63, 3.8) is 0 Å². The molecule has 1 aromatic carbocycles. The van der Waals surface area contributed by atoms with E-state index in [0.29, 0.717) is 16.2 Å². The number of carbonyl (C=O) groups excluding carboxylic acids is 1. The van der Waals surface area contributed by atoms with Crippen LogP contribution in [-0.4, -0.2) is 44.6 Å². The second-order valence-corrected chi connectivity index (χ2v) is 7.79. The molecule has 1 saturated heterocycles. The van der Waals surface area contributed by atoms with Gasteiger partial charge in [0.2, 0.25) is 5.91 Å². The Morgan fingerprint density at radius 2 is 2.00 bits per heavy atom. The molecule has 1 N–H and O–H groups in total. The summed E-state index contributed by atoms with van der Waals surface area (Å²) in [6, 6.07) is 9.58. The number of amides is 1. The van der Waals surface area contributed by atoms with Crippen molar-refractivity contribution in [3.8, 4) is 0 Å². The van der Waals surface area contributed by atoms with E-state index < -0.39 is 0 Å². The maximum Gasteiger partial charge on any atom is 0.350 e. The van der Waals surface area contributed by atoms with Crippen molar-refractivity contribution in [1.29, 1.82) is 0 Å². The van der Waals surface area contributed by atoms with Crippen LogP contribution in [0.25, 0.3) is 5.65 Å². The lowest BCUT2D eigenvalue weighted by atomic mass is 10.0. The van der Waals surface area contributed by atoms with Crippen LogP contribution in [0.5, 0.6) is 0 Å². The zero-order chi connectivity index (χ0) is 21.1. The third kappa shape index (κ3) is 4.24. The summed E-state index contributed by atoms with van der Waals surface area (Å²) in [5.41, 5.74) is 0.663. The number of likely N-dealkylation sites (tertiary alicyclic amines) is 1. The predicted molar refractivity (Wildman–Crippen MR) is 112 cm³/mol. The molecule has 30 heavy (non-hydrogen) atoms. The van der Waals surface area contributed by atoms with Crippen molar-refractivity contribution in [1.82, 2.24) is 24.4 Å². The van der Waals surface area contributed by atoms with Crippen molar-refractivity contribution >= 4 is 23.2 Å². The van der Waals surface area contributed by atoms with E-state index in [1.807, 2.05) is 0 Å². The molecule has 7 nitrogen and oxygen atoms in total. The second kappa shape index (κ2) is 8.97. The molecule has 0 bridgehead atoms. The first-order chi connectivity index (χ1) is 14.5. The third-order valence-electron chi connectivity index (χ3n) is 5.45. The molecule has 1 fully saturated rings. The highest BCUT2D eigenvalue weighted by Gasteiger charge is 2.28. The molecule has 1 atom stereocenters. The summed E-state index contributed by atoms with van der Waals surface area (Å²) in [6.07, 6.45) is 3.81. The molecule has 4 rings (SSSR count). The van der Waals surface area contributed by atoms with E-state index in [-0.39, 0.29) is 43.0 Å². The van der Waals surface area contributed by atoms with E-state index in [1.165, 1.54) is 15.1 Å². The Kier molecular flexibility index (Phi) is 6.15. The Balaban J connectivity index is 1.42. The molecule has 0 spiro atoms. The second-order valence-electron chi connectivity index (χ2n) is 7.38. The molecule has 158 valence electrons. The predicted octanol–water partition coefficient (Wildman–Crippen LogP) is 2.63. The maximum atomic E-state index is 14.5. The summed E-state index contributed by atoms with van der Waals surface area (Å²) in [4.78, 5) is 26.9. The summed E-state index contributed by atoms with van der Waals surface area (Å²) in [5.74, 6) is -0.597. The molecule has 3 aromatic rings. The number of hydrogen-bond acceptors (Lipinski definition) is 4. The molecule has 1 aliphatic rings. The van der Waals surface area contributed by atoms with E-state index in [1.54, 1.807) is 36.5 Å². The highest BCUT2D eigenvalue weighted by atomic mass is 35.5. The molecule has 1 amide bonds. The summed E-state index contributed by atoms with van der Waals surface area (Å²) >= 11 is 6.29. The number of aryl methyl sites for hydroxylation is 1. The van der Waals surface area contributed by atoms with Crippen LogP contribution in [0.15, 0.2) is 47.4 Å². The average molecular weight is 432 g/mol. The van der Waals surface area contributed by atoms with E-state index in [2.05, 4.69) is 15.3 Å². The largest absolute Gasteiger partial charge is 0.354 e.